The average molecular weight is 165 g/mol. The second-order valence-corrected chi connectivity index (χ2v) is 2.48. The van der Waals surface area contributed by atoms with Gasteiger partial charge in [0.15, 0.2) is 5.75 Å². The fourth-order valence-electron chi connectivity index (χ4n) is 1.16. The van der Waals surface area contributed by atoms with Crippen molar-refractivity contribution in [3.8, 4) is 17.4 Å². The van der Waals surface area contributed by atoms with Gasteiger partial charge in [0.1, 0.15) is 0 Å². The van der Waals surface area contributed by atoms with Crippen molar-refractivity contribution in [1.82, 2.24) is 4.40 Å². The molecule has 0 bridgehead atoms. The molecule has 2 heterocycles. The van der Waals surface area contributed by atoms with E-state index in [4.69, 9.17) is 5.11 Å². The molecule has 0 atom stereocenters. The lowest BCUT2D eigenvalue weighted by molar-refractivity contribution is 0.368. The summed E-state index contributed by atoms with van der Waals surface area (Å²) >= 11 is 0. The number of aromatic nitrogens is 1. The quantitative estimate of drug-likeness (QED) is 0.546. The first-order valence-corrected chi connectivity index (χ1v) is 3.41. The fourth-order valence-corrected chi connectivity index (χ4v) is 1.16. The lowest BCUT2D eigenvalue weighted by atomic mass is 10.4. The molecule has 0 aliphatic rings. The van der Waals surface area contributed by atoms with Gasteiger partial charge in [-0.2, -0.15) is 0 Å². The number of fused-ring (bicyclic) bond motifs is 1. The van der Waals surface area contributed by atoms with Gasteiger partial charge in [-0.05, 0) is 12.1 Å². The van der Waals surface area contributed by atoms with Crippen molar-refractivity contribution < 1.29 is 15.3 Å². The van der Waals surface area contributed by atoms with Gasteiger partial charge in [-0.25, -0.2) is 0 Å². The third kappa shape index (κ3) is 0.661. The summed E-state index contributed by atoms with van der Waals surface area (Å²) < 4.78 is 1.30. The van der Waals surface area contributed by atoms with Crippen LogP contribution in [0.1, 0.15) is 0 Å². The Balaban J connectivity index is 2.99. The first-order chi connectivity index (χ1) is 5.72. The average Bonchev–Trinajstić information content (AvgIpc) is 2.33. The molecule has 0 saturated carbocycles. The second-order valence-electron chi connectivity index (χ2n) is 2.48. The van der Waals surface area contributed by atoms with Crippen LogP contribution in [-0.2, 0) is 0 Å². The highest BCUT2D eigenvalue weighted by Gasteiger charge is 2.14. The van der Waals surface area contributed by atoms with E-state index in [-0.39, 0.29) is 11.6 Å². The molecule has 3 N–H and O–H groups in total. The zero-order chi connectivity index (χ0) is 8.72. The van der Waals surface area contributed by atoms with E-state index in [0.29, 0.717) is 5.52 Å². The van der Waals surface area contributed by atoms with Gasteiger partial charge in [0.05, 0.1) is 5.52 Å². The Morgan fingerprint density at radius 3 is 2.42 bits per heavy atom. The van der Waals surface area contributed by atoms with Gasteiger partial charge < -0.3 is 15.3 Å². The molecule has 2 rings (SSSR count). The Morgan fingerprint density at radius 1 is 1.00 bits per heavy atom. The highest BCUT2D eigenvalue weighted by atomic mass is 16.3. The molecule has 0 aliphatic heterocycles. The van der Waals surface area contributed by atoms with E-state index in [1.165, 1.54) is 4.40 Å². The van der Waals surface area contributed by atoms with Crippen molar-refractivity contribution in [3.05, 3.63) is 24.4 Å². The van der Waals surface area contributed by atoms with Crippen LogP contribution in [0.25, 0.3) is 5.52 Å². The minimum absolute atomic E-state index is 0.298. The monoisotopic (exact) mass is 165 g/mol. The summed E-state index contributed by atoms with van der Waals surface area (Å²) in [5.74, 6) is -1.13. The van der Waals surface area contributed by atoms with Gasteiger partial charge in [-0.1, -0.05) is 6.07 Å². The molecule has 0 aliphatic carbocycles. The first-order valence-electron chi connectivity index (χ1n) is 3.41. The van der Waals surface area contributed by atoms with Crippen molar-refractivity contribution in [3.63, 3.8) is 0 Å². The van der Waals surface area contributed by atoms with Crippen molar-refractivity contribution >= 4 is 5.52 Å². The maximum Gasteiger partial charge on any atom is 0.243 e. The summed E-state index contributed by atoms with van der Waals surface area (Å²) in [6, 6.07) is 4.98. The van der Waals surface area contributed by atoms with E-state index in [9.17, 15) is 10.2 Å². The number of nitrogens with zero attached hydrogens (tertiary/aromatic N) is 1. The largest absolute Gasteiger partial charge is 0.503 e. The predicted molar refractivity (Wildman–Crippen MR) is 42.4 cm³/mol. The van der Waals surface area contributed by atoms with Gasteiger partial charge >= 0.3 is 0 Å². The molecule has 0 aromatic carbocycles. The lowest BCUT2D eigenvalue weighted by Crippen LogP contribution is -1.79. The van der Waals surface area contributed by atoms with Gasteiger partial charge in [-0.3, -0.25) is 4.40 Å². The van der Waals surface area contributed by atoms with Gasteiger partial charge in [-0.15, -0.1) is 0 Å². The van der Waals surface area contributed by atoms with Crippen LogP contribution in [0.3, 0.4) is 0 Å². The third-order valence-electron chi connectivity index (χ3n) is 1.77. The maximum atomic E-state index is 9.25. The van der Waals surface area contributed by atoms with E-state index in [1.54, 1.807) is 24.4 Å². The Bertz CT molecular complexity index is 394. The first kappa shape index (κ1) is 6.84. The molecule has 12 heavy (non-hydrogen) atoms. The number of hydrogen-bond acceptors (Lipinski definition) is 3. The van der Waals surface area contributed by atoms with Crippen molar-refractivity contribution in [1.29, 1.82) is 0 Å². The molecule has 2 aromatic rings. The standard InChI is InChI=1S/C8H7NO3/c10-6-5-3-1-2-4-9(5)8(12)7(6)11/h1-4,10-12H. The zero-order valence-corrected chi connectivity index (χ0v) is 6.10. The molecule has 4 heteroatoms. The van der Waals surface area contributed by atoms with E-state index in [2.05, 4.69) is 0 Å². The smallest absolute Gasteiger partial charge is 0.243 e. The number of hydrogen-bond donors (Lipinski definition) is 3. The van der Waals surface area contributed by atoms with Crippen LogP contribution in [0.5, 0.6) is 17.4 Å². The molecular weight excluding hydrogens is 158 g/mol. The van der Waals surface area contributed by atoms with Crippen molar-refractivity contribution in [2.45, 2.75) is 0 Å². The molecule has 4 nitrogen and oxygen atoms in total. The predicted octanol–water partition coefficient (Wildman–Crippen LogP) is 1.06. The van der Waals surface area contributed by atoms with Gasteiger partial charge in [0, 0.05) is 6.20 Å². The number of pyridine rings is 1. The third-order valence-corrected chi connectivity index (χ3v) is 1.77. The molecule has 62 valence electrons. The van der Waals surface area contributed by atoms with Crippen LogP contribution in [-0.4, -0.2) is 19.7 Å². The molecule has 0 amide bonds. The topological polar surface area (TPSA) is 65.1 Å². The van der Waals surface area contributed by atoms with Gasteiger partial charge in [0.25, 0.3) is 0 Å². The molecule has 0 fully saturated rings. The summed E-state index contributed by atoms with van der Waals surface area (Å²) in [7, 11) is 0. The molecule has 0 spiro atoms. The van der Waals surface area contributed by atoms with E-state index >= 15 is 0 Å². The van der Waals surface area contributed by atoms with Crippen LogP contribution in [0, 0.1) is 0 Å². The summed E-state index contributed by atoms with van der Waals surface area (Å²) in [5.41, 5.74) is 0.382. The zero-order valence-electron chi connectivity index (χ0n) is 6.10. The Labute approximate surface area is 67.9 Å². The summed E-state index contributed by atoms with van der Waals surface area (Å²) in [5, 5.41) is 27.6. The highest BCUT2D eigenvalue weighted by Crippen LogP contribution is 2.40. The van der Waals surface area contributed by atoms with Crippen LogP contribution in [0.4, 0.5) is 0 Å². The van der Waals surface area contributed by atoms with Crippen LogP contribution in [0.2, 0.25) is 0 Å². The normalized spacial score (nSPS) is 10.7. The Morgan fingerprint density at radius 2 is 1.75 bits per heavy atom. The number of rotatable bonds is 0. The fraction of sp³-hybridized carbons (Fsp3) is 0. The molecular formula is C8H7NO3. The SMILES string of the molecule is Oc1c(O)c2ccccn2c1O. The minimum Gasteiger partial charge on any atom is -0.503 e. The Hall–Kier alpha value is -1.84. The van der Waals surface area contributed by atoms with Crippen molar-refractivity contribution in [2.75, 3.05) is 0 Å². The van der Waals surface area contributed by atoms with E-state index in [1.807, 2.05) is 0 Å². The van der Waals surface area contributed by atoms with Gasteiger partial charge in [0.2, 0.25) is 11.6 Å². The summed E-state index contributed by atoms with van der Waals surface area (Å²) in [6.07, 6.45) is 1.55. The van der Waals surface area contributed by atoms with Crippen LogP contribution >= 0.6 is 0 Å². The molecule has 0 saturated heterocycles. The maximum absolute atomic E-state index is 9.25. The van der Waals surface area contributed by atoms with Crippen molar-refractivity contribution in [2.24, 2.45) is 0 Å². The summed E-state index contributed by atoms with van der Waals surface area (Å²) in [4.78, 5) is 0. The van der Waals surface area contributed by atoms with E-state index < -0.39 is 5.75 Å². The van der Waals surface area contributed by atoms with E-state index in [0.717, 1.165) is 0 Å². The second kappa shape index (κ2) is 2.07. The highest BCUT2D eigenvalue weighted by molar-refractivity contribution is 5.70. The Kier molecular flexibility index (Phi) is 1.18. The minimum atomic E-state index is -0.485. The molecule has 2 aromatic heterocycles. The summed E-state index contributed by atoms with van der Waals surface area (Å²) in [6.45, 7) is 0. The van der Waals surface area contributed by atoms with Crippen LogP contribution < -0.4 is 0 Å². The molecule has 0 unspecified atom stereocenters. The number of aromatic hydroxyl groups is 3. The lowest BCUT2D eigenvalue weighted by Gasteiger charge is -1.92. The van der Waals surface area contributed by atoms with Crippen LogP contribution in [0.15, 0.2) is 24.4 Å². The molecule has 0 radical (unpaired) electrons.